The lowest BCUT2D eigenvalue weighted by Gasteiger charge is -2.30. The lowest BCUT2D eigenvalue weighted by molar-refractivity contribution is 0.0795. The van der Waals surface area contributed by atoms with Crippen LogP contribution in [0.1, 0.15) is 21.7 Å². The summed E-state index contributed by atoms with van der Waals surface area (Å²) in [6, 6.07) is 17.0. The van der Waals surface area contributed by atoms with E-state index in [0.29, 0.717) is 35.1 Å². The van der Waals surface area contributed by atoms with Crippen molar-refractivity contribution in [3.05, 3.63) is 71.2 Å². The van der Waals surface area contributed by atoms with Crippen molar-refractivity contribution in [3.8, 4) is 11.5 Å². The second-order valence-corrected chi connectivity index (χ2v) is 9.97. The van der Waals surface area contributed by atoms with E-state index in [0.717, 1.165) is 33.6 Å². The van der Waals surface area contributed by atoms with Crippen LogP contribution < -0.4 is 20.3 Å². The molecular formula is C27H25N5O3S. The van der Waals surface area contributed by atoms with E-state index in [1.54, 1.807) is 11.1 Å². The summed E-state index contributed by atoms with van der Waals surface area (Å²) < 4.78 is 5.96. The van der Waals surface area contributed by atoms with E-state index in [4.69, 9.17) is 4.74 Å². The maximum absolute atomic E-state index is 13.5. The average molecular weight is 500 g/mol. The predicted molar refractivity (Wildman–Crippen MR) is 142 cm³/mol. The second-order valence-electron chi connectivity index (χ2n) is 8.97. The van der Waals surface area contributed by atoms with Gasteiger partial charge in [-0.1, -0.05) is 18.2 Å². The van der Waals surface area contributed by atoms with Crippen molar-refractivity contribution in [2.75, 3.05) is 30.4 Å². The number of hydrogen-bond acceptors (Lipinski definition) is 6. The SMILES string of the molecule is CNC1CCN(C(=O)c2sc3nccc4c3c2NC(=O)N4c2ccc(Oc3ccccc3)cc2C)C1. The Balaban J connectivity index is 1.37. The molecule has 9 heteroatoms. The fraction of sp³-hybridized carbons (Fsp3) is 0.222. The first kappa shape index (κ1) is 22.5. The van der Waals surface area contributed by atoms with Crippen molar-refractivity contribution in [2.45, 2.75) is 19.4 Å². The predicted octanol–water partition coefficient (Wildman–Crippen LogP) is 5.51. The number of likely N-dealkylation sites (tertiary alicyclic amines) is 1. The summed E-state index contributed by atoms with van der Waals surface area (Å²) in [4.78, 5) is 36.1. The lowest BCUT2D eigenvalue weighted by Crippen LogP contribution is -2.36. The van der Waals surface area contributed by atoms with Gasteiger partial charge in [-0.3, -0.25) is 9.69 Å². The van der Waals surface area contributed by atoms with Gasteiger partial charge in [0, 0.05) is 25.3 Å². The van der Waals surface area contributed by atoms with Gasteiger partial charge < -0.3 is 20.3 Å². The minimum atomic E-state index is -0.309. The number of amides is 3. The highest BCUT2D eigenvalue weighted by molar-refractivity contribution is 7.21. The van der Waals surface area contributed by atoms with Crippen LogP contribution >= 0.6 is 11.3 Å². The standard InChI is InChI=1S/C27H25N5O3S/c1-16-14-19(35-18-6-4-3-5-7-18)8-9-20(16)32-21-10-12-29-25-22(21)23(30-27(32)34)24(36-25)26(33)31-13-11-17(15-31)28-2/h3-10,12,14,17,28H,11,13,15H2,1-2H3,(H,30,34). The van der Waals surface area contributed by atoms with Crippen molar-refractivity contribution in [1.29, 1.82) is 0 Å². The number of rotatable bonds is 5. The third-order valence-electron chi connectivity index (χ3n) is 6.71. The molecule has 1 unspecified atom stereocenters. The molecule has 4 aromatic rings. The van der Waals surface area contributed by atoms with Gasteiger partial charge in [-0.05, 0) is 62.4 Å². The number of thiophene rings is 1. The van der Waals surface area contributed by atoms with Gasteiger partial charge in [-0.2, -0.15) is 0 Å². The van der Waals surface area contributed by atoms with E-state index in [9.17, 15) is 9.59 Å². The molecule has 0 radical (unpaired) electrons. The Morgan fingerprint density at radius 2 is 1.97 bits per heavy atom. The number of carbonyl (C=O) groups excluding carboxylic acids is 2. The van der Waals surface area contributed by atoms with Gasteiger partial charge in [0.2, 0.25) is 0 Å². The molecule has 2 aromatic heterocycles. The number of nitrogens with one attached hydrogen (secondary N) is 2. The minimum Gasteiger partial charge on any atom is -0.457 e. The highest BCUT2D eigenvalue weighted by atomic mass is 32.1. The van der Waals surface area contributed by atoms with Gasteiger partial charge in [-0.15, -0.1) is 11.3 Å². The zero-order valence-electron chi connectivity index (χ0n) is 19.9. The zero-order valence-corrected chi connectivity index (χ0v) is 20.8. The zero-order chi connectivity index (χ0) is 24.8. The number of likely N-dealkylation sites (N-methyl/N-ethyl adjacent to an activating group) is 1. The molecular weight excluding hydrogens is 474 g/mol. The van der Waals surface area contributed by atoms with Gasteiger partial charge >= 0.3 is 6.03 Å². The molecule has 36 heavy (non-hydrogen) atoms. The third-order valence-corrected chi connectivity index (χ3v) is 7.80. The Kier molecular flexibility index (Phi) is 5.58. The number of urea groups is 1. The smallest absolute Gasteiger partial charge is 0.331 e. The molecule has 2 aliphatic heterocycles. The molecule has 6 rings (SSSR count). The molecule has 2 aliphatic rings. The Hall–Kier alpha value is -3.95. The second kappa shape index (κ2) is 8.92. The van der Waals surface area contributed by atoms with Crippen LogP contribution in [0.15, 0.2) is 60.8 Å². The molecule has 4 heterocycles. The molecule has 2 aromatic carbocycles. The first-order valence-electron chi connectivity index (χ1n) is 11.9. The Bertz CT molecular complexity index is 1490. The molecule has 0 spiro atoms. The van der Waals surface area contributed by atoms with Crippen molar-refractivity contribution in [2.24, 2.45) is 0 Å². The van der Waals surface area contributed by atoms with Crippen molar-refractivity contribution < 1.29 is 14.3 Å². The van der Waals surface area contributed by atoms with E-state index >= 15 is 0 Å². The molecule has 3 amide bonds. The summed E-state index contributed by atoms with van der Waals surface area (Å²) in [5.74, 6) is 1.37. The fourth-order valence-corrected chi connectivity index (χ4v) is 5.95. The Morgan fingerprint density at radius 3 is 2.72 bits per heavy atom. The van der Waals surface area contributed by atoms with E-state index in [1.165, 1.54) is 11.3 Å². The quantitative estimate of drug-likeness (QED) is 0.378. The maximum Gasteiger partial charge on any atom is 0.331 e. The number of carbonyl (C=O) groups is 2. The van der Waals surface area contributed by atoms with Crippen LogP contribution in [-0.4, -0.2) is 48.0 Å². The summed E-state index contributed by atoms with van der Waals surface area (Å²) in [6.07, 6.45) is 2.60. The lowest BCUT2D eigenvalue weighted by atomic mass is 10.1. The van der Waals surface area contributed by atoms with Gasteiger partial charge in [-0.25, -0.2) is 9.78 Å². The average Bonchev–Trinajstić information content (AvgIpc) is 3.51. The number of aryl methyl sites for hydroxylation is 1. The number of aromatic nitrogens is 1. The normalized spacial score (nSPS) is 16.9. The van der Waals surface area contributed by atoms with E-state index in [1.807, 2.05) is 73.5 Å². The number of anilines is 3. The monoisotopic (exact) mass is 499 g/mol. The largest absolute Gasteiger partial charge is 0.457 e. The Labute approximate surface area is 212 Å². The van der Waals surface area contributed by atoms with Gasteiger partial charge in [0.1, 0.15) is 21.2 Å². The maximum atomic E-state index is 13.5. The van der Waals surface area contributed by atoms with E-state index in [-0.39, 0.29) is 18.0 Å². The first-order valence-corrected chi connectivity index (χ1v) is 12.7. The van der Waals surface area contributed by atoms with Crippen LogP contribution in [0.25, 0.3) is 10.2 Å². The van der Waals surface area contributed by atoms with E-state index < -0.39 is 0 Å². The van der Waals surface area contributed by atoms with Crippen molar-refractivity contribution >= 4 is 50.6 Å². The topological polar surface area (TPSA) is 86.8 Å². The molecule has 1 atom stereocenters. The van der Waals surface area contributed by atoms with Gasteiger partial charge in [0.25, 0.3) is 5.91 Å². The number of nitrogens with zero attached hydrogens (tertiary/aromatic N) is 3. The summed E-state index contributed by atoms with van der Waals surface area (Å²) in [6.45, 7) is 3.29. The first-order chi connectivity index (χ1) is 17.5. The summed E-state index contributed by atoms with van der Waals surface area (Å²) in [5, 5.41) is 7.03. The number of hydrogen-bond donors (Lipinski definition) is 2. The van der Waals surface area contributed by atoms with Crippen molar-refractivity contribution in [3.63, 3.8) is 0 Å². The molecule has 0 bridgehead atoms. The van der Waals surface area contributed by atoms with E-state index in [2.05, 4.69) is 15.6 Å². The third kappa shape index (κ3) is 3.77. The summed E-state index contributed by atoms with van der Waals surface area (Å²) >= 11 is 1.33. The van der Waals surface area contributed by atoms with Crippen LogP contribution in [0.3, 0.4) is 0 Å². The van der Waals surface area contributed by atoms with Crippen LogP contribution in [-0.2, 0) is 0 Å². The fourth-order valence-electron chi connectivity index (χ4n) is 4.87. The minimum absolute atomic E-state index is 0.0657. The van der Waals surface area contributed by atoms with Crippen LogP contribution in [0.4, 0.5) is 21.9 Å². The Morgan fingerprint density at radius 1 is 1.14 bits per heavy atom. The number of para-hydroxylation sites is 1. The van der Waals surface area contributed by atoms with Gasteiger partial charge in [0.15, 0.2) is 0 Å². The molecule has 182 valence electrons. The van der Waals surface area contributed by atoms with Gasteiger partial charge in [0.05, 0.1) is 22.4 Å². The van der Waals surface area contributed by atoms with Crippen molar-refractivity contribution in [1.82, 2.24) is 15.2 Å². The number of pyridine rings is 1. The number of benzene rings is 2. The highest BCUT2D eigenvalue weighted by Gasteiger charge is 2.35. The summed E-state index contributed by atoms with van der Waals surface area (Å²) in [5.41, 5.74) is 2.89. The van der Waals surface area contributed by atoms with Crippen LogP contribution in [0, 0.1) is 6.92 Å². The molecule has 1 fully saturated rings. The molecule has 1 saturated heterocycles. The summed E-state index contributed by atoms with van der Waals surface area (Å²) in [7, 11) is 1.91. The highest BCUT2D eigenvalue weighted by Crippen LogP contribution is 2.47. The van der Waals surface area contributed by atoms with Crippen LogP contribution in [0.2, 0.25) is 0 Å². The molecule has 0 aliphatic carbocycles. The molecule has 2 N–H and O–H groups in total. The molecule has 0 saturated carbocycles. The van der Waals surface area contributed by atoms with Crippen LogP contribution in [0.5, 0.6) is 11.5 Å². The molecule has 8 nitrogen and oxygen atoms in total. The number of ether oxygens (including phenoxy) is 1.